The molecule has 5 heteroatoms. The molecule has 29 heavy (non-hydrogen) atoms. The molecule has 1 amide bonds. The number of piperazine rings is 1. The summed E-state index contributed by atoms with van der Waals surface area (Å²) in [5, 5.41) is 0. The van der Waals surface area contributed by atoms with Gasteiger partial charge in [0.25, 0.3) is 5.91 Å². The Labute approximate surface area is 180 Å². The molecule has 2 aliphatic heterocycles. The molecule has 3 nitrogen and oxygen atoms in total. The second-order valence-electron chi connectivity index (χ2n) is 7.88. The number of hydrogen-bond acceptors (Lipinski definition) is 4. The number of carbonyl (C=O) groups excluding carboxylic acids is 1. The van der Waals surface area contributed by atoms with E-state index in [4.69, 9.17) is 0 Å². The van der Waals surface area contributed by atoms with Crippen LogP contribution in [-0.4, -0.2) is 36.5 Å². The van der Waals surface area contributed by atoms with E-state index < -0.39 is 0 Å². The summed E-state index contributed by atoms with van der Waals surface area (Å²) in [4.78, 5) is 21.2. The number of anilines is 1. The van der Waals surface area contributed by atoms with Crippen molar-refractivity contribution in [2.24, 2.45) is 0 Å². The summed E-state index contributed by atoms with van der Waals surface area (Å²) in [5.74, 6) is 1.13. The van der Waals surface area contributed by atoms with Gasteiger partial charge in [-0.2, -0.15) is 0 Å². The second-order valence-corrected chi connectivity index (χ2v) is 9.95. The van der Waals surface area contributed by atoms with Gasteiger partial charge < -0.3 is 9.80 Å². The molecular weight excluding hydrogens is 396 g/mol. The molecule has 3 aromatic rings. The van der Waals surface area contributed by atoms with Gasteiger partial charge in [0.05, 0.1) is 4.88 Å². The molecule has 0 N–H and O–H groups in total. The topological polar surface area (TPSA) is 23.6 Å². The van der Waals surface area contributed by atoms with Gasteiger partial charge in [0.2, 0.25) is 0 Å². The minimum Gasteiger partial charge on any atom is -0.365 e. The van der Waals surface area contributed by atoms with E-state index in [-0.39, 0.29) is 5.91 Å². The van der Waals surface area contributed by atoms with Crippen molar-refractivity contribution in [3.8, 4) is 10.4 Å². The monoisotopic (exact) mass is 420 g/mol. The van der Waals surface area contributed by atoms with E-state index in [0.717, 1.165) is 30.3 Å². The third-order valence-electron chi connectivity index (χ3n) is 5.81. The predicted molar refractivity (Wildman–Crippen MR) is 123 cm³/mol. The Bertz CT molecular complexity index is 1060. The fourth-order valence-electron chi connectivity index (χ4n) is 4.22. The summed E-state index contributed by atoms with van der Waals surface area (Å²) in [7, 11) is 0. The molecule has 1 atom stereocenters. The van der Waals surface area contributed by atoms with Crippen LogP contribution in [0.5, 0.6) is 0 Å². The lowest BCUT2D eigenvalue weighted by molar-refractivity contribution is 0.0731. The summed E-state index contributed by atoms with van der Waals surface area (Å²) in [5.41, 5.74) is 5.10. The number of carbonyl (C=O) groups is 1. The largest absolute Gasteiger partial charge is 0.365 e. The van der Waals surface area contributed by atoms with Gasteiger partial charge in [-0.25, -0.2) is 0 Å². The first-order chi connectivity index (χ1) is 14.1. The molecule has 2 aliphatic rings. The van der Waals surface area contributed by atoms with E-state index in [1.54, 1.807) is 11.3 Å². The number of thiophene rings is 1. The van der Waals surface area contributed by atoms with E-state index >= 15 is 0 Å². The maximum absolute atomic E-state index is 13.3. The number of thioether (sulfide) groups is 1. The lowest BCUT2D eigenvalue weighted by Crippen LogP contribution is -2.53. The van der Waals surface area contributed by atoms with Gasteiger partial charge in [-0.05, 0) is 43.7 Å². The van der Waals surface area contributed by atoms with Crippen molar-refractivity contribution >= 4 is 34.7 Å². The maximum Gasteiger partial charge on any atom is 0.264 e. The summed E-state index contributed by atoms with van der Waals surface area (Å²) >= 11 is 3.53. The van der Waals surface area contributed by atoms with Gasteiger partial charge in [0.15, 0.2) is 0 Å². The molecule has 3 heterocycles. The number of fused-ring (bicyclic) bond motifs is 3. The normalized spacial score (nSPS) is 18.3. The van der Waals surface area contributed by atoms with Crippen LogP contribution in [0.25, 0.3) is 10.4 Å². The van der Waals surface area contributed by atoms with Gasteiger partial charge in [0.1, 0.15) is 0 Å². The molecule has 1 fully saturated rings. The van der Waals surface area contributed by atoms with Crippen LogP contribution in [0.4, 0.5) is 5.69 Å². The van der Waals surface area contributed by atoms with E-state index in [1.807, 2.05) is 16.7 Å². The Balaban J connectivity index is 1.34. The molecule has 0 saturated carbocycles. The average molecular weight is 421 g/mol. The minimum absolute atomic E-state index is 0.183. The number of benzene rings is 2. The zero-order valence-electron chi connectivity index (χ0n) is 16.7. The van der Waals surface area contributed by atoms with Gasteiger partial charge in [-0.1, -0.05) is 35.9 Å². The molecule has 2 aromatic carbocycles. The van der Waals surface area contributed by atoms with Crippen molar-refractivity contribution in [3.05, 3.63) is 70.6 Å². The van der Waals surface area contributed by atoms with Crippen LogP contribution in [0.2, 0.25) is 0 Å². The van der Waals surface area contributed by atoms with E-state index in [0.29, 0.717) is 6.04 Å². The number of aryl methyl sites for hydroxylation is 1. The lowest BCUT2D eigenvalue weighted by atomic mass is 10.1. The molecule has 148 valence electrons. The first-order valence-electron chi connectivity index (χ1n) is 10.1. The van der Waals surface area contributed by atoms with E-state index in [9.17, 15) is 4.79 Å². The van der Waals surface area contributed by atoms with Crippen LogP contribution >= 0.6 is 23.1 Å². The predicted octanol–water partition coefficient (Wildman–Crippen LogP) is 5.68. The van der Waals surface area contributed by atoms with Gasteiger partial charge >= 0.3 is 0 Å². The zero-order chi connectivity index (χ0) is 20.0. The third-order valence-corrected chi connectivity index (χ3v) is 8.14. The van der Waals surface area contributed by atoms with E-state index in [1.165, 1.54) is 32.2 Å². The molecule has 0 bridgehead atoms. The number of hydrogen-bond donors (Lipinski definition) is 0. The van der Waals surface area contributed by atoms with Crippen LogP contribution in [0.15, 0.2) is 59.5 Å². The van der Waals surface area contributed by atoms with Crippen molar-refractivity contribution in [1.82, 2.24) is 4.90 Å². The first-order valence-corrected chi connectivity index (χ1v) is 11.9. The van der Waals surface area contributed by atoms with Crippen molar-refractivity contribution in [3.63, 3.8) is 0 Å². The fraction of sp³-hybridized carbons (Fsp3) is 0.292. The van der Waals surface area contributed by atoms with Crippen molar-refractivity contribution in [2.45, 2.75) is 30.5 Å². The smallest absolute Gasteiger partial charge is 0.264 e. The van der Waals surface area contributed by atoms with Crippen molar-refractivity contribution < 1.29 is 4.79 Å². The minimum atomic E-state index is 0.183. The van der Waals surface area contributed by atoms with Gasteiger partial charge in [-0.3, -0.25) is 4.79 Å². The van der Waals surface area contributed by atoms with Crippen LogP contribution in [0.3, 0.4) is 0 Å². The molecule has 0 aliphatic carbocycles. The van der Waals surface area contributed by atoms with Crippen LogP contribution < -0.4 is 4.90 Å². The van der Waals surface area contributed by atoms with Crippen LogP contribution in [0.1, 0.15) is 27.7 Å². The summed E-state index contributed by atoms with van der Waals surface area (Å²) in [6.45, 7) is 6.73. The molecule has 0 unspecified atom stereocenters. The summed E-state index contributed by atoms with van der Waals surface area (Å²) in [6.07, 6.45) is 0. The number of rotatable bonds is 2. The highest BCUT2D eigenvalue weighted by Gasteiger charge is 2.29. The molecule has 1 aromatic heterocycles. The van der Waals surface area contributed by atoms with Crippen LogP contribution in [-0.2, 0) is 5.75 Å². The highest BCUT2D eigenvalue weighted by atomic mass is 32.2. The fourth-order valence-corrected chi connectivity index (χ4v) is 6.61. The van der Waals surface area contributed by atoms with E-state index in [2.05, 4.69) is 73.3 Å². The highest BCUT2D eigenvalue weighted by molar-refractivity contribution is 7.98. The summed E-state index contributed by atoms with van der Waals surface area (Å²) < 4.78 is 0. The highest BCUT2D eigenvalue weighted by Crippen LogP contribution is 2.45. The van der Waals surface area contributed by atoms with Crippen molar-refractivity contribution in [2.75, 3.05) is 24.5 Å². The Morgan fingerprint density at radius 1 is 1.07 bits per heavy atom. The summed E-state index contributed by atoms with van der Waals surface area (Å²) in [6, 6.07) is 19.6. The Hall–Kier alpha value is -2.24. The van der Waals surface area contributed by atoms with Gasteiger partial charge in [-0.15, -0.1) is 23.1 Å². The number of nitrogens with zero attached hydrogens (tertiary/aromatic N) is 2. The number of amides is 1. The Morgan fingerprint density at radius 3 is 2.66 bits per heavy atom. The quantitative estimate of drug-likeness (QED) is 0.533. The Kier molecular flexibility index (Phi) is 4.88. The van der Waals surface area contributed by atoms with Crippen molar-refractivity contribution in [1.29, 1.82) is 0 Å². The maximum atomic E-state index is 13.3. The van der Waals surface area contributed by atoms with Gasteiger partial charge in [0, 0.05) is 52.5 Å². The second kappa shape index (κ2) is 7.54. The average Bonchev–Trinajstić information content (AvgIpc) is 3.19. The molecule has 5 rings (SSSR count). The molecule has 1 saturated heterocycles. The first kappa shape index (κ1) is 18.8. The molecule has 0 radical (unpaired) electrons. The molecular formula is C24H24N2OS2. The van der Waals surface area contributed by atoms with Crippen LogP contribution in [0, 0.1) is 6.92 Å². The standard InChI is InChI=1S/C24H24N2OS2/c1-16-7-9-19(10-8-16)26-12-11-25(14-17(26)2)24(27)22-13-18-15-28-21-6-4-3-5-20(21)23(18)29-22/h3-10,13,17H,11-12,14-15H2,1-2H3/t17-/m1/s1. The molecule has 0 spiro atoms. The SMILES string of the molecule is Cc1ccc(N2CCN(C(=O)c3cc4c(s3)-c3ccccc3SC4)C[C@H]2C)cc1. The zero-order valence-corrected chi connectivity index (χ0v) is 18.4. The third kappa shape index (κ3) is 3.47. The lowest BCUT2D eigenvalue weighted by Gasteiger charge is -2.41. The Morgan fingerprint density at radius 2 is 1.86 bits per heavy atom.